The van der Waals surface area contributed by atoms with E-state index in [1.165, 1.54) is 11.3 Å². The van der Waals surface area contributed by atoms with E-state index in [-0.39, 0.29) is 18.2 Å². The molecule has 1 atom stereocenters. The summed E-state index contributed by atoms with van der Waals surface area (Å²) in [5, 5.41) is 12.3. The van der Waals surface area contributed by atoms with Crippen LogP contribution in [0.3, 0.4) is 0 Å². The average molecular weight is 423 g/mol. The van der Waals surface area contributed by atoms with Crippen molar-refractivity contribution in [1.82, 2.24) is 10.2 Å². The van der Waals surface area contributed by atoms with E-state index in [1.54, 1.807) is 12.0 Å². The second-order valence-electron chi connectivity index (χ2n) is 7.21. The summed E-state index contributed by atoms with van der Waals surface area (Å²) in [5.74, 6) is 0.148. The Morgan fingerprint density at radius 3 is 2.70 bits per heavy atom. The minimum Gasteiger partial charge on any atom is -0.497 e. The number of benzene rings is 2. The van der Waals surface area contributed by atoms with E-state index >= 15 is 0 Å². The quantitative estimate of drug-likeness (QED) is 0.658. The van der Waals surface area contributed by atoms with E-state index in [0.717, 1.165) is 27.6 Å². The molecule has 1 fully saturated rings. The van der Waals surface area contributed by atoms with Crippen LogP contribution >= 0.6 is 11.3 Å². The molecule has 0 bridgehead atoms. The molecule has 7 nitrogen and oxygen atoms in total. The first kappa shape index (κ1) is 20.0. The second-order valence-corrected chi connectivity index (χ2v) is 8.27. The summed E-state index contributed by atoms with van der Waals surface area (Å²) < 4.78 is 5.17. The third-order valence-electron chi connectivity index (χ3n) is 5.11. The summed E-state index contributed by atoms with van der Waals surface area (Å²) >= 11 is 1.34. The zero-order valence-electron chi connectivity index (χ0n) is 16.8. The number of amides is 2. The Kier molecular flexibility index (Phi) is 5.76. The van der Waals surface area contributed by atoms with Crippen LogP contribution in [0, 0.1) is 12.8 Å². The molecule has 2 heterocycles. The maximum atomic E-state index is 12.7. The summed E-state index contributed by atoms with van der Waals surface area (Å²) in [6, 6.07) is 15.4. The molecular weight excluding hydrogens is 400 g/mol. The Morgan fingerprint density at radius 2 is 1.97 bits per heavy atom. The lowest BCUT2D eigenvalue weighted by Gasteiger charge is -2.18. The van der Waals surface area contributed by atoms with Crippen LogP contribution in [0.2, 0.25) is 0 Å². The molecule has 1 saturated heterocycles. The van der Waals surface area contributed by atoms with Crippen molar-refractivity contribution >= 4 is 34.0 Å². The van der Waals surface area contributed by atoms with Gasteiger partial charge in [-0.15, -0.1) is 10.2 Å². The minimum atomic E-state index is -0.411. The molecular formula is C22H22N4O3S. The fourth-order valence-electron chi connectivity index (χ4n) is 3.48. The number of methoxy groups -OCH3 is 1. The number of hydrogen-bond donors (Lipinski definition) is 1. The van der Waals surface area contributed by atoms with Gasteiger partial charge in [0.2, 0.25) is 16.9 Å². The molecule has 1 aromatic heterocycles. The predicted molar refractivity (Wildman–Crippen MR) is 116 cm³/mol. The third-order valence-corrected chi connectivity index (χ3v) is 5.95. The Morgan fingerprint density at radius 1 is 1.20 bits per heavy atom. The predicted octanol–water partition coefficient (Wildman–Crippen LogP) is 3.44. The molecule has 0 radical (unpaired) electrons. The van der Waals surface area contributed by atoms with Gasteiger partial charge in [-0.05, 0) is 36.2 Å². The molecule has 1 N–H and O–H groups in total. The van der Waals surface area contributed by atoms with Crippen molar-refractivity contribution in [3.63, 3.8) is 0 Å². The lowest BCUT2D eigenvalue weighted by atomic mass is 10.1. The monoisotopic (exact) mass is 422 g/mol. The largest absolute Gasteiger partial charge is 0.497 e. The number of rotatable bonds is 6. The number of para-hydroxylation sites is 1. The second kappa shape index (κ2) is 8.62. The highest BCUT2D eigenvalue weighted by molar-refractivity contribution is 7.15. The van der Waals surface area contributed by atoms with Gasteiger partial charge in [0.05, 0.1) is 13.0 Å². The van der Waals surface area contributed by atoms with Gasteiger partial charge >= 0.3 is 0 Å². The highest BCUT2D eigenvalue weighted by Crippen LogP contribution is 2.29. The smallest absolute Gasteiger partial charge is 0.231 e. The molecule has 1 aliphatic rings. The number of nitrogens with zero attached hydrogens (tertiary/aromatic N) is 3. The third kappa shape index (κ3) is 4.33. The Hall–Kier alpha value is -3.26. The first-order chi connectivity index (χ1) is 14.5. The molecule has 1 aliphatic heterocycles. The van der Waals surface area contributed by atoms with Gasteiger partial charge in [-0.2, -0.15) is 0 Å². The minimum absolute atomic E-state index is 0.0399. The number of anilines is 2. The summed E-state index contributed by atoms with van der Waals surface area (Å²) in [6.45, 7) is 2.33. The van der Waals surface area contributed by atoms with Crippen molar-refractivity contribution in [2.24, 2.45) is 5.92 Å². The lowest BCUT2D eigenvalue weighted by molar-refractivity contribution is -0.122. The van der Waals surface area contributed by atoms with E-state index < -0.39 is 5.92 Å². The fourth-order valence-corrected chi connectivity index (χ4v) is 4.26. The van der Waals surface area contributed by atoms with Crippen LogP contribution in [-0.2, 0) is 16.0 Å². The Bertz CT molecular complexity index is 1060. The van der Waals surface area contributed by atoms with Crippen molar-refractivity contribution in [2.45, 2.75) is 19.8 Å². The number of nitrogens with one attached hydrogen (secondary N) is 1. The molecule has 0 spiro atoms. The number of carbonyl (C=O) groups excluding carboxylic acids is 2. The molecule has 2 amide bonds. The number of carbonyl (C=O) groups is 2. The zero-order chi connectivity index (χ0) is 21.1. The molecule has 30 heavy (non-hydrogen) atoms. The fraction of sp³-hybridized carbons (Fsp3) is 0.273. The van der Waals surface area contributed by atoms with E-state index in [4.69, 9.17) is 4.74 Å². The first-order valence-corrected chi connectivity index (χ1v) is 10.5. The molecule has 0 aliphatic carbocycles. The van der Waals surface area contributed by atoms with Crippen LogP contribution in [0.1, 0.15) is 22.6 Å². The summed E-state index contributed by atoms with van der Waals surface area (Å²) in [4.78, 5) is 26.8. The highest BCUT2D eigenvalue weighted by Gasteiger charge is 2.36. The molecule has 8 heteroatoms. The number of ether oxygens (including phenoxy) is 1. The van der Waals surface area contributed by atoms with Crippen LogP contribution in [-0.4, -0.2) is 35.7 Å². The van der Waals surface area contributed by atoms with Gasteiger partial charge in [0.25, 0.3) is 0 Å². The van der Waals surface area contributed by atoms with Gasteiger partial charge in [0, 0.05) is 25.1 Å². The molecule has 3 aromatic rings. The van der Waals surface area contributed by atoms with Crippen molar-refractivity contribution in [3.8, 4) is 5.75 Å². The standard InChI is InChI=1S/C22H22N4O3S/c1-14-5-3-4-6-18(14)26-13-16(12-20(26)27)21(28)23-22-25-24-19(30-22)11-15-7-9-17(29-2)10-8-15/h3-10,16H,11-13H2,1-2H3,(H,23,25,28). The van der Waals surface area contributed by atoms with Gasteiger partial charge in [-0.3, -0.25) is 9.59 Å². The molecule has 4 rings (SSSR count). The van der Waals surface area contributed by atoms with Crippen LogP contribution in [0.25, 0.3) is 0 Å². The van der Waals surface area contributed by atoms with E-state index in [2.05, 4.69) is 15.5 Å². The van der Waals surface area contributed by atoms with Crippen molar-refractivity contribution < 1.29 is 14.3 Å². The average Bonchev–Trinajstić information content (AvgIpc) is 3.35. The van der Waals surface area contributed by atoms with Crippen LogP contribution in [0.15, 0.2) is 48.5 Å². The van der Waals surface area contributed by atoms with Gasteiger partial charge in [0.1, 0.15) is 10.8 Å². The van der Waals surface area contributed by atoms with Gasteiger partial charge in [0.15, 0.2) is 0 Å². The molecule has 1 unspecified atom stereocenters. The molecule has 154 valence electrons. The van der Waals surface area contributed by atoms with E-state index in [0.29, 0.717) is 18.1 Å². The van der Waals surface area contributed by atoms with Gasteiger partial charge in [-0.25, -0.2) is 0 Å². The van der Waals surface area contributed by atoms with Crippen LogP contribution in [0.4, 0.5) is 10.8 Å². The first-order valence-electron chi connectivity index (χ1n) is 9.65. The molecule has 0 saturated carbocycles. The Balaban J connectivity index is 1.37. The summed E-state index contributed by atoms with van der Waals surface area (Å²) in [7, 11) is 1.63. The summed E-state index contributed by atoms with van der Waals surface area (Å²) in [5.41, 5.74) is 2.95. The van der Waals surface area contributed by atoms with Crippen LogP contribution in [0.5, 0.6) is 5.75 Å². The zero-order valence-corrected chi connectivity index (χ0v) is 17.6. The Labute approximate surface area is 178 Å². The van der Waals surface area contributed by atoms with E-state index in [9.17, 15) is 9.59 Å². The van der Waals surface area contributed by atoms with Crippen molar-refractivity contribution in [3.05, 3.63) is 64.7 Å². The van der Waals surface area contributed by atoms with E-state index in [1.807, 2.05) is 55.5 Å². The van der Waals surface area contributed by atoms with Gasteiger partial charge in [-0.1, -0.05) is 41.7 Å². The topological polar surface area (TPSA) is 84.4 Å². The normalized spacial score (nSPS) is 16.0. The van der Waals surface area contributed by atoms with Gasteiger partial charge < -0.3 is 15.0 Å². The van der Waals surface area contributed by atoms with Crippen molar-refractivity contribution in [2.75, 3.05) is 23.9 Å². The number of aromatic nitrogens is 2. The lowest BCUT2D eigenvalue weighted by Crippen LogP contribution is -2.28. The SMILES string of the molecule is COc1ccc(Cc2nnc(NC(=O)C3CC(=O)N(c4ccccc4C)C3)s2)cc1. The number of hydrogen-bond acceptors (Lipinski definition) is 6. The number of aryl methyl sites for hydroxylation is 1. The van der Waals surface area contributed by atoms with Crippen LogP contribution < -0.4 is 15.0 Å². The van der Waals surface area contributed by atoms with Crippen molar-refractivity contribution in [1.29, 1.82) is 0 Å². The highest BCUT2D eigenvalue weighted by atomic mass is 32.1. The molecule has 2 aromatic carbocycles. The maximum Gasteiger partial charge on any atom is 0.231 e. The maximum absolute atomic E-state index is 12.7. The summed E-state index contributed by atoms with van der Waals surface area (Å²) in [6.07, 6.45) is 0.818.